The Morgan fingerprint density at radius 1 is 0.595 bits per heavy atom. The lowest BCUT2D eigenvalue weighted by Gasteiger charge is -2.21. The Balaban J connectivity index is 1.06. The Hall–Kier alpha value is -10.2. The molecule has 0 amide bonds. The number of nitrogens with zero attached hydrogens (tertiary/aromatic N) is 7. The van der Waals surface area contributed by atoms with Crippen LogP contribution in [0.1, 0.15) is 21.5 Å². The fraction of sp³-hybridized carbons (Fsp3) is 0.0400. The number of hydrogen-bond donors (Lipinski definition) is 11. The molecule has 2 aliphatic rings. The first-order chi connectivity index (χ1) is 39.5. The smallest absolute Gasteiger partial charge is 0.339 e. The summed E-state index contributed by atoms with van der Waals surface area (Å²) in [5.74, 6) is -4.94. The molecule has 9 rings (SSSR count). The largest absolute Gasteiger partial charge is 0.507 e. The third-order valence-corrected chi connectivity index (χ3v) is 15.2. The van der Waals surface area contributed by atoms with Crippen LogP contribution in [0.5, 0.6) is 11.5 Å². The molecule has 430 valence electrons. The SMILES string of the molecule is COc1cc(N=Nc2cc(S(=O)(=O)O)cc3cc(S(=O)(=O)O)cc(O)c23)c(C)cc1N/N=C1/C(=O)c2c(cc(S(=O)(=O)O)cc2Nc2nc(Nc3ccccc3)nc(Nc3ccc(N/N=C4\C=CC(=O)C(C(=O)O)=C4)cc3)n2)C=C1S(=O)(=O)O. The number of fused-ring (bicyclic) bond motifs is 2. The Labute approximate surface area is 473 Å². The summed E-state index contributed by atoms with van der Waals surface area (Å²) in [6.45, 7) is 1.47. The minimum Gasteiger partial charge on any atom is -0.507 e. The molecular weight excluding hydrogens is 1180 g/mol. The van der Waals surface area contributed by atoms with Gasteiger partial charge in [0.15, 0.2) is 11.5 Å². The van der Waals surface area contributed by atoms with Crippen molar-refractivity contribution >= 4 is 144 Å². The molecule has 0 spiro atoms. The normalized spacial score (nSPS) is 14.7. The van der Waals surface area contributed by atoms with Gasteiger partial charge < -0.3 is 30.9 Å². The van der Waals surface area contributed by atoms with E-state index in [1.807, 2.05) is 0 Å². The maximum Gasteiger partial charge on any atom is 0.339 e. The van der Waals surface area contributed by atoms with Crippen molar-refractivity contribution in [1.82, 2.24) is 15.0 Å². The summed E-state index contributed by atoms with van der Waals surface area (Å²) in [5.41, 5.74) is 3.58. The minimum absolute atomic E-state index is 0.0156. The van der Waals surface area contributed by atoms with Crippen LogP contribution >= 0.6 is 0 Å². The molecule has 0 saturated heterocycles. The van der Waals surface area contributed by atoms with Crippen molar-refractivity contribution < 1.29 is 81.2 Å². The number of carbonyl (C=O) groups is 3. The van der Waals surface area contributed by atoms with E-state index in [0.29, 0.717) is 29.2 Å². The van der Waals surface area contributed by atoms with Crippen LogP contribution in [-0.4, -0.2) is 113 Å². The molecule has 34 heteroatoms. The Kier molecular flexibility index (Phi) is 15.7. The van der Waals surface area contributed by atoms with E-state index in [0.717, 1.165) is 42.5 Å². The molecule has 1 heterocycles. The fourth-order valence-electron chi connectivity index (χ4n) is 8.01. The second-order valence-corrected chi connectivity index (χ2v) is 23.3. The van der Waals surface area contributed by atoms with Gasteiger partial charge in [-0.1, -0.05) is 18.2 Å². The number of anilines is 8. The van der Waals surface area contributed by atoms with E-state index >= 15 is 0 Å². The topological polar surface area (TPSA) is 467 Å². The third-order valence-electron chi connectivity index (χ3n) is 11.9. The second kappa shape index (κ2) is 22.6. The van der Waals surface area contributed by atoms with Crippen molar-refractivity contribution in [1.29, 1.82) is 0 Å². The molecule has 0 bridgehead atoms. The lowest BCUT2D eigenvalue weighted by atomic mass is 9.93. The van der Waals surface area contributed by atoms with Crippen LogP contribution in [0.2, 0.25) is 0 Å². The summed E-state index contributed by atoms with van der Waals surface area (Å²) in [7, 11) is -19.2. The van der Waals surface area contributed by atoms with Gasteiger partial charge in [-0.25, -0.2) is 4.79 Å². The van der Waals surface area contributed by atoms with Crippen LogP contribution in [0, 0.1) is 6.92 Å². The second-order valence-electron chi connectivity index (χ2n) is 17.6. The zero-order valence-electron chi connectivity index (χ0n) is 42.5. The van der Waals surface area contributed by atoms with Crippen molar-refractivity contribution in [2.75, 3.05) is 33.9 Å². The van der Waals surface area contributed by atoms with Gasteiger partial charge in [-0.15, -0.1) is 5.11 Å². The van der Waals surface area contributed by atoms with Crippen molar-refractivity contribution in [2.45, 2.75) is 21.6 Å². The zero-order valence-corrected chi connectivity index (χ0v) is 45.7. The number of phenolic OH excluding ortho intramolecular Hbond substituents is 1. The Morgan fingerprint density at radius 3 is 1.76 bits per heavy atom. The predicted octanol–water partition coefficient (Wildman–Crippen LogP) is 7.24. The van der Waals surface area contributed by atoms with E-state index in [4.69, 9.17) is 4.74 Å². The number of ketones is 2. The van der Waals surface area contributed by atoms with Gasteiger partial charge in [0.25, 0.3) is 40.5 Å². The van der Waals surface area contributed by atoms with Crippen molar-refractivity contribution in [3.05, 3.63) is 149 Å². The molecule has 0 atom stereocenters. The summed E-state index contributed by atoms with van der Waals surface area (Å²) in [6.07, 6.45) is 4.21. The summed E-state index contributed by atoms with van der Waals surface area (Å²) in [6, 6.07) is 22.0. The first kappa shape index (κ1) is 58.5. The van der Waals surface area contributed by atoms with E-state index in [2.05, 4.69) is 62.2 Å². The number of carbonyl (C=O) groups excluding carboxylic acids is 2. The number of allylic oxidation sites excluding steroid dienone is 4. The molecule has 1 aromatic heterocycles. The number of aromatic hydroxyl groups is 1. The fourth-order valence-corrected chi connectivity index (χ4v) is 10.3. The molecule has 30 nitrogen and oxygen atoms in total. The monoisotopic (exact) mass is 1220 g/mol. The first-order valence-electron chi connectivity index (χ1n) is 23.4. The van der Waals surface area contributed by atoms with Gasteiger partial charge in [-0.05, 0) is 121 Å². The number of benzene rings is 6. The Morgan fingerprint density at radius 2 is 1.17 bits per heavy atom. The van der Waals surface area contributed by atoms with Gasteiger partial charge in [-0.3, -0.25) is 38.7 Å². The van der Waals surface area contributed by atoms with Gasteiger partial charge in [0.05, 0.1) is 66.9 Å². The van der Waals surface area contributed by atoms with Crippen LogP contribution in [0.15, 0.2) is 167 Å². The number of hydrogen-bond acceptors (Lipinski definition) is 25. The number of para-hydroxylation sites is 1. The number of carboxylic acids is 1. The van der Waals surface area contributed by atoms with Crippen LogP contribution in [0.4, 0.5) is 57.7 Å². The lowest BCUT2D eigenvalue weighted by molar-refractivity contribution is -0.134. The summed E-state index contributed by atoms with van der Waals surface area (Å²) in [4.78, 5) is 47.7. The number of rotatable bonds is 18. The number of hydrazone groups is 2. The summed E-state index contributed by atoms with van der Waals surface area (Å²) < 4.78 is 145. The van der Waals surface area contributed by atoms with Crippen LogP contribution < -0.4 is 31.5 Å². The number of carboxylic acid groups (broad SMARTS) is 1. The highest BCUT2D eigenvalue weighted by Crippen LogP contribution is 2.41. The molecule has 6 aromatic carbocycles. The van der Waals surface area contributed by atoms with Gasteiger partial charge in [-0.2, -0.15) is 63.9 Å². The van der Waals surface area contributed by atoms with Crippen LogP contribution in [0.3, 0.4) is 0 Å². The summed E-state index contributed by atoms with van der Waals surface area (Å²) >= 11 is 0. The minimum atomic E-state index is -5.40. The lowest BCUT2D eigenvalue weighted by Crippen LogP contribution is -2.28. The predicted molar refractivity (Wildman–Crippen MR) is 302 cm³/mol. The van der Waals surface area contributed by atoms with Crippen molar-refractivity contribution in [3.63, 3.8) is 0 Å². The molecule has 0 saturated carbocycles. The average Bonchev–Trinajstić information content (AvgIpc) is 2.52. The van der Waals surface area contributed by atoms with Crippen LogP contribution in [0.25, 0.3) is 16.8 Å². The number of methoxy groups -OCH3 is 1. The molecule has 0 aliphatic heterocycles. The molecule has 7 aromatic rings. The number of Topliss-reactive ketones (excluding diaryl/α,β-unsaturated/α-hetero) is 1. The van der Waals surface area contributed by atoms with E-state index in [1.54, 1.807) is 54.6 Å². The quantitative estimate of drug-likeness (QED) is 0.0132. The molecular formula is C50H38N12O18S4. The van der Waals surface area contributed by atoms with Crippen LogP contribution in [-0.2, 0) is 50.1 Å². The molecule has 2 aliphatic carbocycles. The maximum absolute atomic E-state index is 14.7. The highest BCUT2D eigenvalue weighted by atomic mass is 32.2. The first-order valence-corrected chi connectivity index (χ1v) is 29.1. The standard InChI is InChI=1S/C50H38N12O18S4/c1-24-14-36(41(80-2)23-35(24)59-61-38-21-32(82(71,72)73)15-25-16-33(83(74,75)76)22-40(64)43(25)38)60-62-45-42(84(77,78)79)18-26-17-31(81(68,69)70)20-37(44(26)46(45)65)53-50-55-48(51-27-6-4-3-5-7-27)54-49(56-50)52-28-8-10-29(11-9-28)57-58-30-12-13-39(63)34(19-30)47(66)67/h3-23,57,60,64H,1-2H3,(H,66,67)(H,68,69,70)(H,71,72,73)(H,74,75,76)(H,77,78,79)(H3,51,52,53,54,55,56)/b58-30+,61-59?,62-45+. The van der Waals surface area contributed by atoms with Gasteiger partial charge in [0.1, 0.15) is 22.0 Å². The number of ether oxygens (including phenoxy) is 1. The van der Waals surface area contributed by atoms with E-state index < -0.39 is 117 Å². The highest BCUT2D eigenvalue weighted by Gasteiger charge is 2.36. The van der Waals surface area contributed by atoms with Gasteiger partial charge >= 0.3 is 5.97 Å². The number of phenols is 1. The zero-order chi connectivity index (χ0) is 60.6. The third kappa shape index (κ3) is 13.1. The van der Waals surface area contributed by atoms with Gasteiger partial charge in [0.2, 0.25) is 23.6 Å². The number of aryl methyl sites for hydroxylation is 1. The highest BCUT2D eigenvalue weighted by molar-refractivity contribution is 7.91. The molecule has 0 fully saturated rings. The van der Waals surface area contributed by atoms with Gasteiger partial charge in [0, 0.05) is 23.5 Å². The van der Waals surface area contributed by atoms with Crippen molar-refractivity contribution in [3.8, 4) is 11.5 Å². The van der Waals surface area contributed by atoms with Crippen molar-refractivity contribution in [2.24, 2.45) is 20.4 Å². The number of nitrogens with one attached hydrogen (secondary N) is 5. The van der Waals surface area contributed by atoms with E-state index in [1.165, 1.54) is 32.2 Å². The van der Waals surface area contributed by atoms with E-state index in [-0.39, 0.29) is 57.0 Å². The Bertz CT molecular complexity index is 4650. The molecule has 0 unspecified atom stereocenters. The van der Waals surface area contributed by atoms with E-state index in [9.17, 15) is 76.5 Å². The average molecular weight is 1220 g/mol. The molecule has 11 N–H and O–H groups in total. The number of aliphatic carboxylic acids is 1. The maximum atomic E-state index is 14.7. The number of azo groups is 1. The number of aromatic nitrogens is 3. The molecule has 0 radical (unpaired) electrons. The molecule has 84 heavy (non-hydrogen) atoms. The summed E-state index contributed by atoms with van der Waals surface area (Å²) in [5, 5.41) is 44.6.